The molecule has 1 aromatic carbocycles. The molecule has 0 saturated heterocycles. The van der Waals surface area contributed by atoms with Crippen LogP contribution in [-0.4, -0.2) is 31.8 Å². The Morgan fingerprint density at radius 1 is 1.30 bits per heavy atom. The summed E-state index contributed by atoms with van der Waals surface area (Å²) >= 11 is 6.06. The van der Waals surface area contributed by atoms with Gasteiger partial charge in [0, 0.05) is 37.2 Å². The van der Waals surface area contributed by atoms with Crippen LogP contribution in [0.4, 0.5) is 0 Å². The number of hydrogen-bond donors (Lipinski definition) is 1. The zero-order valence-electron chi connectivity index (χ0n) is 11.8. The van der Waals surface area contributed by atoms with E-state index in [1.807, 2.05) is 25.1 Å². The van der Waals surface area contributed by atoms with Crippen molar-refractivity contribution in [3.8, 4) is 11.3 Å². The normalized spacial score (nSPS) is 10.9. The average molecular weight is 295 g/mol. The van der Waals surface area contributed by atoms with Crippen molar-refractivity contribution in [2.24, 2.45) is 0 Å². The Morgan fingerprint density at radius 3 is 2.90 bits per heavy atom. The van der Waals surface area contributed by atoms with E-state index < -0.39 is 0 Å². The maximum atomic E-state index is 6.06. The topological polar surface area (TPSA) is 47.3 Å². The van der Waals surface area contributed by atoms with Gasteiger partial charge in [-0.15, -0.1) is 0 Å². The van der Waals surface area contributed by atoms with Crippen LogP contribution in [0.3, 0.4) is 0 Å². The number of rotatable bonds is 7. The quantitative estimate of drug-likeness (QED) is 0.797. The third-order valence-corrected chi connectivity index (χ3v) is 3.10. The van der Waals surface area contributed by atoms with Gasteiger partial charge in [-0.3, -0.25) is 0 Å². The van der Waals surface area contributed by atoms with Crippen LogP contribution in [0.25, 0.3) is 11.3 Å². The maximum Gasteiger partial charge on any atom is 0.196 e. The Labute approximate surface area is 124 Å². The number of halogens is 1. The molecule has 4 nitrogen and oxygen atoms in total. The van der Waals surface area contributed by atoms with Gasteiger partial charge in [-0.2, -0.15) is 0 Å². The van der Waals surface area contributed by atoms with E-state index in [9.17, 15) is 0 Å². The number of hydrogen-bond acceptors (Lipinski definition) is 4. The van der Waals surface area contributed by atoms with E-state index >= 15 is 0 Å². The fourth-order valence-corrected chi connectivity index (χ4v) is 2.22. The van der Waals surface area contributed by atoms with Crippen LogP contribution < -0.4 is 5.32 Å². The number of oxazole rings is 1. The largest absolute Gasteiger partial charge is 0.441 e. The van der Waals surface area contributed by atoms with Crippen LogP contribution in [0.2, 0.25) is 5.02 Å². The van der Waals surface area contributed by atoms with Gasteiger partial charge in [-0.05, 0) is 30.7 Å². The maximum absolute atomic E-state index is 6.06. The third kappa shape index (κ3) is 4.34. The average Bonchev–Trinajstić information content (AvgIpc) is 2.86. The number of benzene rings is 1. The van der Waals surface area contributed by atoms with Crippen molar-refractivity contribution in [2.45, 2.75) is 13.3 Å². The fraction of sp³-hybridized carbons (Fsp3) is 0.400. The molecule has 1 heterocycles. The highest BCUT2D eigenvalue weighted by Gasteiger charge is 2.07. The van der Waals surface area contributed by atoms with Crippen LogP contribution in [0, 0.1) is 6.92 Å². The van der Waals surface area contributed by atoms with Crippen LogP contribution in [0.1, 0.15) is 11.5 Å². The molecule has 2 rings (SSSR count). The molecule has 0 radical (unpaired) electrons. The highest BCUT2D eigenvalue weighted by Crippen LogP contribution is 2.25. The van der Waals surface area contributed by atoms with Gasteiger partial charge < -0.3 is 14.5 Å². The third-order valence-electron chi connectivity index (χ3n) is 2.88. The molecule has 0 saturated carbocycles. The molecule has 0 unspecified atom stereocenters. The summed E-state index contributed by atoms with van der Waals surface area (Å²) in [6.07, 6.45) is 2.50. The van der Waals surface area contributed by atoms with Crippen molar-refractivity contribution < 1.29 is 9.15 Å². The Balaban J connectivity index is 1.94. The number of ether oxygens (including phenoxy) is 1. The molecule has 1 aromatic heterocycles. The molecule has 0 spiro atoms. The van der Waals surface area contributed by atoms with Gasteiger partial charge in [-0.25, -0.2) is 4.98 Å². The summed E-state index contributed by atoms with van der Waals surface area (Å²) in [6, 6.07) is 5.84. The lowest BCUT2D eigenvalue weighted by Crippen LogP contribution is -2.21. The Bertz CT molecular complexity index is 534. The van der Waals surface area contributed by atoms with Crippen molar-refractivity contribution in [3.05, 3.63) is 40.9 Å². The summed E-state index contributed by atoms with van der Waals surface area (Å²) in [5.41, 5.74) is 2.06. The summed E-state index contributed by atoms with van der Waals surface area (Å²) in [5, 5.41) is 3.96. The first-order chi connectivity index (χ1) is 9.69. The zero-order chi connectivity index (χ0) is 14.4. The number of methoxy groups -OCH3 is 1. The number of nitrogens with one attached hydrogen (secondary N) is 1. The minimum Gasteiger partial charge on any atom is -0.441 e. The van der Waals surface area contributed by atoms with Crippen molar-refractivity contribution in [3.63, 3.8) is 0 Å². The minimum atomic E-state index is 0.707. The smallest absolute Gasteiger partial charge is 0.196 e. The molecule has 0 atom stereocenters. The Morgan fingerprint density at radius 2 is 2.15 bits per heavy atom. The first-order valence-corrected chi connectivity index (χ1v) is 6.99. The Kier molecular flexibility index (Phi) is 5.59. The van der Waals surface area contributed by atoms with E-state index in [1.165, 1.54) is 0 Å². The Hall–Kier alpha value is -1.36. The van der Waals surface area contributed by atoms with Gasteiger partial charge in [0.05, 0.1) is 12.8 Å². The van der Waals surface area contributed by atoms with Crippen molar-refractivity contribution in [1.82, 2.24) is 10.3 Å². The summed E-state index contributed by atoms with van der Waals surface area (Å²) < 4.78 is 10.7. The second-order valence-electron chi connectivity index (χ2n) is 4.63. The standard InChI is InChI=1S/C15H19ClN2O2/c1-11-7-12(9-13(16)8-11)14-10-18-15(20-14)3-4-17-5-6-19-2/h7-10,17H,3-6H2,1-2H3. The van der Waals surface area contributed by atoms with Crippen LogP contribution >= 0.6 is 11.6 Å². The molecule has 20 heavy (non-hydrogen) atoms. The van der Waals surface area contributed by atoms with E-state index in [2.05, 4.69) is 10.3 Å². The van der Waals surface area contributed by atoms with Crippen LogP contribution in [0.15, 0.2) is 28.8 Å². The number of aromatic nitrogens is 1. The van der Waals surface area contributed by atoms with E-state index in [-0.39, 0.29) is 0 Å². The summed E-state index contributed by atoms with van der Waals surface area (Å²) in [5.74, 6) is 1.48. The van der Waals surface area contributed by atoms with Crippen molar-refractivity contribution in [2.75, 3.05) is 26.8 Å². The fourth-order valence-electron chi connectivity index (χ4n) is 1.93. The predicted octanol–water partition coefficient (Wildman–Crippen LogP) is 3.08. The molecule has 0 bridgehead atoms. The molecule has 2 aromatic rings. The molecule has 5 heteroatoms. The van der Waals surface area contributed by atoms with Gasteiger partial charge in [-0.1, -0.05) is 11.6 Å². The molecule has 0 aliphatic heterocycles. The zero-order valence-corrected chi connectivity index (χ0v) is 12.5. The predicted molar refractivity (Wildman–Crippen MR) is 80.1 cm³/mol. The summed E-state index contributed by atoms with van der Waals surface area (Å²) in [7, 11) is 1.69. The summed E-state index contributed by atoms with van der Waals surface area (Å²) in [4.78, 5) is 4.29. The van der Waals surface area contributed by atoms with E-state index in [4.69, 9.17) is 20.8 Å². The van der Waals surface area contributed by atoms with Gasteiger partial charge >= 0.3 is 0 Å². The monoisotopic (exact) mass is 294 g/mol. The molecular weight excluding hydrogens is 276 g/mol. The first-order valence-electron chi connectivity index (χ1n) is 6.61. The van der Waals surface area contributed by atoms with Gasteiger partial charge in [0.2, 0.25) is 0 Å². The van der Waals surface area contributed by atoms with Crippen molar-refractivity contribution >= 4 is 11.6 Å². The van der Waals surface area contributed by atoms with Crippen LogP contribution in [-0.2, 0) is 11.2 Å². The minimum absolute atomic E-state index is 0.707. The van der Waals surface area contributed by atoms with E-state index in [1.54, 1.807) is 13.3 Å². The first kappa shape index (κ1) is 15.0. The lowest BCUT2D eigenvalue weighted by molar-refractivity contribution is 0.199. The highest BCUT2D eigenvalue weighted by atomic mass is 35.5. The second-order valence-corrected chi connectivity index (χ2v) is 5.06. The lowest BCUT2D eigenvalue weighted by Gasteiger charge is -2.02. The summed E-state index contributed by atoms with van der Waals surface area (Å²) in [6.45, 7) is 4.36. The van der Waals surface area contributed by atoms with E-state index in [0.29, 0.717) is 11.6 Å². The highest BCUT2D eigenvalue weighted by molar-refractivity contribution is 6.30. The molecule has 0 aliphatic carbocycles. The lowest BCUT2D eigenvalue weighted by atomic mass is 10.1. The number of nitrogens with zero attached hydrogens (tertiary/aromatic N) is 1. The number of aryl methyl sites for hydroxylation is 1. The van der Waals surface area contributed by atoms with E-state index in [0.717, 1.165) is 42.3 Å². The van der Waals surface area contributed by atoms with Crippen LogP contribution in [0.5, 0.6) is 0 Å². The molecule has 0 amide bonds. The SMILES string of the molecule is COCCNCCc1ncc(-c2cc(C)cc(Cl)c2)o1. The molecular formula is C15H19ClN2O2. The molecule has 0 aliphatic rings. The van der Waals surface area contributed by atoms with Gasteiger partial charge in [0.15, 0.2) is 11.7 Å². The molecule has 0 fully saturated rings. The van der Waals surface area contributed by atoms with Gasteiger partial charge in [0.1, 0.15) is 0 Å². The second kappa shape index (κ2) is 7.43. The van der Waals surface area contributed by atoms with Crippen molar-refractivity contribution in [1.29, 1.82) is 0 Å². The molecule has 1 N–H and O–H groups in total. The van der Waals surface area contributed by atoms with Gasteiger partial charge in [0.25, 0.3) is 0 Å². The molecule has 108 valence electrons.